The van der Waals surface area contributed by atoms with Gasteiger partial charge in [0.25, 0.3) is 0 Å². The molecule has 2 aromatic carbocycles. The molecule has 3 aromatic rings. The fourth-order valence-corrected chi connectivity index (χ4v) is 2.22. The molecular formula is C18H15NO4. The third kappa shape index (κ3) is 3.40. The lowest BCUT2D eigenvalue weighted by Gasteiger charge is -2.10. The van der Waals surface area contributed by atoms with Crippen molar-refractivity contribution in [3.8, 4) is 17.0 Å². The number of hydrogen-bond donors (Lipinski definition) is 1. The van der Waals surface area contributed by atoms with Crippen LogP contribution in [0.25, 0.3) is 11.3 Å². The Morgan fingerprint density at radius 3 is 2.61 bits per heavy atom. The van der Waals surface area contributed by atoms with Gasteiger partial charge in [0, 0.05) is 11.6 Å². The number of rotatable bonds is 5. The second kappa shape index (κ2) is 6.36. The van der Waals surface area contributed by atoms with Gasteiger partial charge in [0.05, 0.1) is 0 Å². The molecule has 0 atom stereocenters. The second-order valence-electron chi connectivity index (χ2n) is 5.14. The Kier molecular flexibility index (Phi) is 4.10. The summed E-state index contributed by atoms with van der Waals surface area (Å²) in [6.45, 7) is 2.43. The summed E-state index contributed by atoms with van der Waals surface area (Å²) in [5.74, 6) is -0.537. The monoisotopic (exact) mass is 309 g/mol. The van der Waals surface area contributed by atoms with E-state index in [2.05, 4.69) is 5.16 Å². The lowest BCUT2D eigenvalue weighted by atomic mass is 10.1. The zero-order valence-corrected chi connectivity index (χ0v) is 12.5. The number of ether oxygens (including phenoxy) is 1. The van der Waals surface area contributed by atoms with Crippen LogP contribution < -0.4 is 4.74 Å². The number of aryl methyl sites for hydroxylation is 1. The predicted molar refractivity (Wildman–Crippen MR) is 84.4 cm³/mol. The topological polar surface area (TPSA) is 72.6 Å². The van der Waals surface area contributed by atoms with Gasteiger partial charge in [-0.15, -0.1) is 0 Å². The molecule has 0 amide bonds. The van der Waals surface area contributed by atoms with Crippen molar-refractivity contribution in [3.05, 3.63) is 71.5 Å². The van der Waals surface area contributed by atoms with Crippen molar-refractivity contribution >= 4 is 5.97 Å². The maximum atomic E-state index is 10.8. The van der Waals surface area contributed by atoms with Crippen LogP contribution in [-0.4, -0.2) is 16.2 Å². The van der Waals surface area contributed by atoms with E-state index in [0.717, 1.165) is 22.4 Å². The summed E-state index contributed by atoms with van der Waals surface area (Å²) in [5, 5.41) is 12.6. The van der Waals surface area contributed by atoms with Gasteiger partial charge < -0.3 is 14.4 Å². The molecule has 0 saturated heterocycles. The molecule has 0 aliphatic heterocycles. The van der Waals surface area contributed by atoms with E-state index in [1.807, 2.05) is 55.5 Å². The minimum atomic E-state index is -1.14. The lowest BCUT2D eigenvalue weighted by molar-refractivity contribution is 0.0652. The first-order valence-electron chi connectivity index (χ1n) is 7.11. The van der Waals surface area contributed by atoms with Gasteiger partial charge in [-0.1, -0.05) is 35.5 Å². The summed E-state index contributed by atoms with van der Waals surface area (Å²) in [4.78, 5) is 10.8. The highest BCUT2D eigenvalue weighted by molar-refractivity contribution is 5.85. The molecule has 0 bridgehead atoms. The fourth-order valence-electron chi connectivity index (χ4n) is 2.22. The van der Waals surface area contributed by atoms with E-state index < -0.39 is 5.97 Å². The molecule has 116 valence electrons. The summed E-state index contributed by atoms with van der Waals surface area (Å²) in [5.41, 5.74) is 3.31. The molecule has 0 saturated carbocycles. The molecular weight excluding hydrogens is 294 g/mol. The summed E-state index contributed by atoms with van der Waals surface area (Å²) in [7, 11) is 0. The van der Waals surface area contributed by atoms with Crippen molar-refractivity contribution in [2.75, 3.05) is 0 Å². The molecule has 5 nitrogen and oxygen atoms in total. The Morgan fingerprint density at radius 1 is 1.17 bits per heavy atom. The van der Waals surface area contributed by atoms with Crippen molar-refractivity contribution in [1.82, 2.24) is 5.16 Å². The Balaban J connectivity index is 1.76. The summed E-state index contributed by atoms with van der Waals surface area (Å²) in [6.07, 6.45) is 0. The van der Waals surface area contributed by atoms with E-state index in [9.17, 15) is 4.79 Å². The molecule has 3 rings (SSSR count). The largest absolute Gasteiger partial charge is 0.489 e. The zero-order chi connectivity index (χ0) is 16.2. The highest BCUT2D eigenvalue weighted by Crippen LogP contribution is 2.26. The molecule has 0 radical (unpaired) electrons. The Labute approximate surface area is 133 Å². The van der Waals surface area contributed by atoms with Crippen LogP contribution in [0.1, 0.15) is 21.7 Å². The standard InChI is InChI=1S/C18H15NO4/c1-12-9-14(15-10-17(18(20)21)23-19-15)7-8-16(12)22-11-13-5-3-2-4-6-13/h2-10H,11H2,1H3,(H,20,21). The SMILES string of the molecule is Cc1cc(-c2cc(C(=O)O)on2)ccc1OCc1ccccc1. The molecule has 0 spiro atoms. The zero-order valence-electron chi connectivity index (χ0n) is 12.5. The van der Waals surface area contributed by atoms with Crippen molar-refractivity contribution in [2.45, 2.75) is 13.5 Å². The number of benzene rings is 2. The number of carbonyl (C=O) groups is 1. The summed E-state index contributed by atoms with van der Waals surface area (Å²) < 4.78 is 10.6. The molecule has 0 aliphatic carbocycles. The van der Waals surface area contributed by atoms with Gasteiger partial charge in [-0.05, 0) is 36.2 Å². The van der Waals surface area contributed by atoms with Gasteiger partial charge in [-0.2, -0.15) is 0 Å². The van der Waals surface area contributed by atoms with Gasteiger partial charge in [0.2, 0.25) is 5.76 Å². The molecule has 0 unspecified atom stereocenters. The van der Waals surface area contributed by atoms with Crippen LogP contribution in [0.5, 0.6) is 5.75 Å². The van der Waals surface area contributed by atoms with Gasteiger partial charge in [-0.3, -0.25) is 0 Å². The first kappa shape index (κ1) is 14.8. The molecule has 0 fully saturated rings. The molecule has 1 heterocycles. The Bertz CT molecular complexity index is 824. The second-order valence-corrected chi connectivity index (χ2v) is 5.14. The molecule has 5 heteroatoms. The molecule has 1 aromatic heterocycles. The highest BCUT2D eigenvalue weighted by Gasteiger charge is 2.13. The normalized spacial score (nSPS) is 10.5. The van der Waals surface area contributed by atoms with Crippen LogP contribution in [0, 0.1) is 6.92 Å². The Hall–Kier alpha value is -3.08. The van der Waals surface area contributed by atoms with Gasteiger partial charge in [-0.25, -0.2) is 4.79 Å². The van der Waals surface area contributed by atoms with Gasteiger partial charge in [0.1, 0.15) is 18.1 Å². The minimum absolute atomic E-state index is 0.179. The van der Waals surface area contributed by atoms with Gasteiger partial charge in [0.15, 0.2) is 0 Å². The minimum Gasteiger partial charge on any atom is -0.489 e. The molecule has 1 N–H and O–H groups in total. The van der Waals surface area contributed by atoms with E-state index in [-0.39, 0.29) is 5.76 Å². The van der Waals surface area contributed by atoms with E-state index in [1.165, 1.54) is 6.07 Å². The number of aromatic carboxylic acids is 1. The van der Waals surface area contributed by atoms with Crippen LogP contribution >= 0.6 is 0 Å². The number of hydrogen-bond acceptors (Lipinski definition) is 4. The van der Waals surface area contributed by atoms with E-state index in [1.54, 1.807) is 0 Å². The fraction of sp³-hybridized carbons (Fsp3) is 0.111. The number of carboxylic acids is 1. The van der Waals surface area contributed by atoms with Crippen molar-refractivity contribution in [3.63, 3.8) is 0 Å². The van der Waals surface area contributed by atoms with Crippen molar-refractivity contribution in [2.24, 2.45) is 0 Å². The third-order valence-electron chi connectivity index (χ3n) is 3.43. The van der Waals surface area contributed by atoms with Gasteiger partial charge >= 0.3 is 5.97 Å². The van der Waals surface area contributed by atoms with Crippen LogP contribution in [0.3, 0.4) is 0 Å². The third-order valence-corrected chi connectivity index (χ3v) is 3.43. The van der Waals surface area contributed by atoms with E-state index in [4.69, 9.17) is 14.4 Å². The maximum Gasteiger partial charge on any atom is 0.374 e. The summed E-state index contributed by atoms with van der Waals surface area (Å²) >= 11 is 0. The van der Waals surface area contributed by atoms with Crippen molar-refractivity contribution in [1.29, 1.82) is 0 Å². The Morgan fingerprint density at radius 2 is 1.96 bits per heavy atom. The van der Waals surface area contributed by atoms with Crippen LogP contribution in [-0.2, 0) is 6.61 Å². The highest BCUT2D eigenvalue weighted by atomic mass is 16.5. The number of carboxylic acid groups (broad SMARTS) is 1. The maximum absolute atomic E-state index is 10.8. The van der Waals surface area contributed by atoms with Crippen LogP contribution in [0.4, 0.5) is 0 Å². The smallest absolute Gasteiger partial charge is 0.374 e. The van der Waals surface area contributed by atoms with Crippen LogP contribution in [0.2, 0.25) is 0 Å². The molecule has 23 heavy (non-hydrogen) atoms. The first-order valence-corrected chi connectivity index (χ1v) is 7.11. The molecule has 0 aliphatic rings. The van der Waals surface area contributed by atoms with Crippen LogP contribution in [0.15, 0.2) is 59.1 Å². The quantitative estimate of drug-likeness (QED) is 0.773. The average Bonchev–Trinajstić information content (AvgIpc) is 3.05. The predicted octanol–water partition coefficient (Wildman–Crippen LogP) is 3.93. The first-order chi connectivity index (χ1) is 11.1. The van der Waals surface area contributed by atoms with E-state index >= 15 is 0 Å². The lowest BCUT2D eigenvalue weighted by Crippen LogP contribution is -1.97. The number of aromatic nitrogens is 1. The number of nitrogens with zero attached hydrogens (tertiary/aromatic N) is 1. The average molecular weight is 309 g/mol. The van der Waals surface area contributed by atoms with Crippen molar-refractivity contribution < 1.29 is 19.2 Å². The van der Waals surface area contributed by atoms with E-state index in [0.29, 0.717) is 12.3 Å². The summed E-state index contributed by atoms with van der Waals surface area (Å²) in [6, 6.07) is 16.9.